The summed E-state index contributed by atoms with van der Waals surface area (Å²) in [5.41, 5.74) is 0. The van der Waals surface area contributed by atoms with Crippen LogP contribution in [0.4, 0.5) is 0 Å². The third-order valence-corrected chi connectivity index (χ3v) is 2.30. The number of rotatable bonds is 11. The first-order valence-corrected chi connectivity index (χ1v) is 6.33. The Balaban J connectivity index is 3.04. The number of allylic oxidation sites excluding steroid dienone is 2. The van der Waals surface area contributed by atoms with E-state index < -0.39 is 6.10 Å². The summed E-state index contributed by atoms with van der Waals surface area (Å²) in [6, 6.07) is 0. The molecule has 0 aliphatic rings. The Morgan fingerprint density at radius 1 is 1.12 bits per heavy atom. The number of ether oxygens (including phenoxy) is 1. The van der Waals surface area contributed by atoms with Gasteiger partial charge in [0.25, 0.3) is 0 Å². The average Bonchev–Trinajstić information content (AvgIpc) is 2.31. The predicted octanol–water partition coefficient (Wildman–Crippen LogP) is 2.27. The van der Waals surface area contributed by atoms with Gasteiger partial charge in [-0.15, -0.1) is 0 Å². The summed E-state index contributed by atoms with van der Waals surface area (Å²) in [6.45, 7) is 2.88. The highest BCUT2D eigenvalue weighted by molar-refractivity contribution is 4.80. The van der Waals surface area contributed by atoms with Crippen molar-refractivity contribution in [3.63, 3.8) is 0 Å². The zero-order valence-electron chi connectivity index (χ0n) is 10.4. The van der Waals surface area contributed by atoms with Gasteiger partial charge in [0.2, 0.25) is 0 Å². The van der Waals surface area contributed by atoms with Crippen LogP contribution in [0.3, 0.4) is 0 Å². The molecule has 1 atom stereocenters. The summed E-state index contributed by atoms with van der Waals surface area (Å²) < 4.78 is 5.20. The lowest BCUT2D eigenvalue weighted by atomic mass is 10.2. The van der Waals surface area contributed by atoms with Crippen LogP contribution in [0.5, 0.6) is 0 Å². The standard InChI is InChI=1S/C13H26O3/c1-2-3-4-5-6-7-8-9-10-16-12-13(15)11-14/h4-5,13-15H,2-3,6-12H2,1H3/b5-4+. The van der Waals surface area contributed by atoms with Crippen LogP contribution in [0.25, 0.3) is 0 Å². The minimum atomic E-state index is -0.725. The molecule has 0 fully saturated rings. The lowest BCUT2D eigenvalue weighted by molar-refractivity contribution is 0.00529. The zero-order chi connectivity index (χ0) is 12.1. The second kappa shape index (κ2) is 12.7. The molecule has 0 aromatic carbocycles. The lowest BCUT2D eigenvalue weighted by Crippen LogP contribution is -2.19. The number of aliphatic hydroxyl groups is 2. The Morgan fingerprint density at radius 2 is 1.88 bits per heavy atom. The number of hydrogen-bond donors (Lipinski definition) is 2. The van der Waals surface area contributed by atoms with Gasteiger partial charge in [0, 0.05) is 6.61 Å². The van der Waals surface area contributed by atoms with E-state index in [-0.39, 0.29) is 13.2 Å². The van der Waals surface area contributed by atoms with Crippen molar-refractivity contribution in [2.24, 2.45) is 0 Å². The topological polar surface area (TPSA) is 49.7 Å². The molecule has 0 spiro atoms. The maximum Gasteiger partial charge on any atom is 0.100 e. The molecule has 0 saturated heterocycles. The van der Waals surface area contributed by atoms with Crippen LogP contribution in [0.2, 0.25) is 0 Å². The fourth-order valence-electron chi connectivity index (χ4n) is 1.32. The number of hydrogen-bond acceptors (Lipinski definition) is 3. The van der Waals surface area contributed by atoms with Crippen molar-refractivity contribution >= 4 is 0 Å². The van der Waals surface area contributed by atoms with Crippen LogP contribution in [0.15, 0.2) is 12.2 Å². The molecule has 3 nitrogen and oxygen atoms in total. The highest BCUT2D eigenvalue weighted by Gasteiger charge is 2.00. The van der Waals surface area contributed by atoms with Crippen LogP contribution in [-0.4, -0.2) is 36.1 Å². The molecule has 96 valence electrons. The van der Waals surface area contributed by atoms with E-state index in [1.165, 1.54) is 19.3 Å². The van der Waals surface area contributed by atoms with Crippen molar-refractivity contribution in [1.29, 1.82) is 0 Å². The molecule has 0 aliphatic carbocycles. The van der Waals surface area contributed by atoms with Crippen LogP contribution in [0, 0.1) is 0 Å². The maximum absolute atomic E-state index is 9.00. The van der Waals surface area contributed by atoms with Crippen LogP contribution in [0.1, 0.15) is 45.4 Å². The molecule has 0 saturated carbocycles. The molecule has 0 aromatic heterocycles. The maximum atomic E-state index is 9.00. The largest absolute Gasteiger partial charge is 0.394 e. The average molecular weight is 230 g/mol. The van der Waals surface area contributed by atoms with E-state index in [0.29, 0.717) is 6.61 Å². The van der Waals surface area contributed by atoms with Gasteiger partial charge in [-0.3, -0.25) is 0 Å². The molecule has 3 heteroatoms. The van der Waals surface area contributed by atoms with Crippen molar-refractivity contribution in [1.82, 2.24) is 0 Å². The van der Waals surface area contributed by atoms with Crippen LogP contribution in [-0.2, 0) is 4.74 Å². The summed E-state index contributed by atoms with van der Waals surface area (Å²) in [4.78, 5) is 0. The monoisotopic (exact) mass is 230 g/mol. The van der Waals surface area contributed by atoms with Crippen molar-refractivity contribution in [2.45, 2.75) is 51.6 Å². The summed E-state index contributed by atoms with van der Waals surface area (Å²) in [5.74, 6) is 0. The van der Waals surface area contributed by atoms with Crippen molar-refractivity contribution in [3.8, 4) is 0 Å². The third kappa shape index (κ3) is 11.7. The van der Waals surface area contributed by atoms with E-state index in [2.05, 4.69) is 19.1 Å². The highest BCUT2D eigenvalue weighted by Crippen LogP contribution is 2.02. The van der Waals surface area contributed by atoms with E-state index in [9.17, 15) is 0 Å². The van der Waals surface area contributed by atoms with Crippen LogP contribution >= 0.6 is 0 Å². The smallest absolute Gasteiger partial charge is 0.100 e. The first kappa shape index (κ1) is 15.6. The van der Waals surface area contributed by atoms with Gasteiger partial charge in [-0.25, -0.2) is 0 Å². The summed E-state index contributed by atoms with van der Waals surface area (Å²) in [6.07, 6.45) is 10.7. The molecule has 0 heterocycles. The van der Waals surface area contributed by atoms with E-state index in [4.69, 9.17) is 14.9 Å². The van der Waals surface area contributed by atoms with E-state index in [0.717, 1.165) is 19.3 Å². The Morgan fingerprint density at radius 3 is 2.56 bits per heavy atom. The fraction of sp³-hybridized carbons (Fsp3) is 0.846. The van der Waals surface area contributed by atoms with Gasteiger partial charge >= 0.3 is 0 Å². The lowest BCUT2D eigenvalue weighted by Gasteiger charge is -2.07. The Bertz CT molecular complexity index is 157. The quantitative estimate of drug-likeness (QED) is 0.423. The van der Waals surface area contributed by atoms with Gasteiger partial charge in [0.15, 0.2) is 0 Å². The first-order chi connectivity index (χ1) is 7.81. The Hall–Kier alpha value is -0.380. The fourth-order valence-corrected chi connectivity index (χ4v) is 1.32. The third-order valence-electron chi connectivity index (χ3n) is 2.30. The van der Waals surface area contributed by atoms with Gasteiger partial charge < -0.3 is 14.9 Å². The van der Waals surface area contributed by atoms with Gasteiger partial charge in [-0.2, -0.15) is 0 Å². The molecule has 0 aliphatic heterocycles. The second-order valence-electron chi connectivity index (χ2n) is 4.02. The first-order valence-electron chi connectivity index (χ1n) is 6.33. The number of aliphatic hydroxyl groups excluding tert-OH is 2. The SMILES string of the molecule is CCC/C=C/CCCCCOCC(O)CO. The zero-order valence-corrected chi connectivity index (χ0v) is 10.4. The molecule has 1 unspecified atom stereocenters. The van der Waals surface area contributed by atoms with Crippen molar-refractivity contribution in [2.75, 3.05) is 19.8 Å². The van der Waals surface area contributed by atoms with E-state index >= 15 is 0 Å². The van der Waals surface area contributed by atoms with E-state index in [1.807, 2.05) is 0 Å². The van der Waals surface area contributed by atoms with Gasteiger partial charge in [-0.05, 0) is 25.7 Å². The summed E-state index contributed by atoms with van der Waals surface area (Å²) in [5, 5.41) is 17.5. The minimum absolute atomic E-state index is 0.220. The molecular weight excluding hydrogens is 204 g/mol. The normalized spacial score (nSPS) is 13.4. The molecule has 16 heavy (non-hydrogen) atoms. The van der Waals surface area contributed by atoms with Crippen molar-refractivity contribution in [3.05, 3.63) is 12.2 Å². The highest BCUT2D eigenvalue weighted by atomic mass is 16.5. The predicted molar refractivity (Wildman–Crippen MR) is 66.4 cm³/mol. The molecule has 0 rings (SSSR count). The van der Waals surface area contributed by atoms with Gasteiger partial charge in [0.1, 0.15) is 6.10 Å². The number of unbranched alkanes of at least 4 members (excludes halogenated alkanes) is 4. The van der Waals surface area contributed by atoms with Gasteiger partial charge in [0.05, 0.1) is 13.2 Å². The Kier molecular flexibility index (Phi) is 12.4. The molecule has 2 N–H and O–H groups in total. The van der Waals surface area contributed by atoms with E-state index in [1.54, 1.807) is 0 Å². The molecule has 0 radical (unpaired) electrons. The Labute approximate surface area is 99.1 Å². The summed E-state index contributed by atoms with van der Waals surface area (Å²) >= 11 is 0. The minimum Gasteiger partial charge on any atom is -0.394 e. The van der Waals surface area contributed by atoms with Crippen molar-refractivity contribution < 1.29 is 14.9 Å². The molecule has 0 aromatic rings. The van der Waals surface area contributed by atoms with Gasteiger partial charge in [-0.1, -0.05) is 31.9 Å². The second-order valence-corrected chi connectivity index (χ2v) is 4.02. The molecular formula is C13H26O3. The molecule has 0 bridgehead atoms. The summed E-state index contributed by atoms with van der Waals surface area (Å²) in [7, 11) is 0. The molecule has 0 amide bonds. The van der Waals surface area contributed by atoms with Crippen LogP contribution < -0.4 is 0 Å².